The molecule has 0 heterocycles. The lowest BCUT2D eigenvalue weighted by molar-refractivity contribution is -0.386. The van der Waals surface area contributed by atoms with Crippen molar-refractivity contribution in [3.05, 3.63) is 28.3 Å². The monoisotopic (exact) mass is 336 g/mol. The van der Waals surface area contributed by atoms with Gasteiger partial charge < -0.3 is 10.2 Å². The number of phenols is 1. The topological polar surface area (TPSA) is 130 Å². The first-order valence-electron chi connectivity index (χ1n) is 5.77. The molecule has 0 aliphatic carbocycles. The lowest BCUT2D eigenvalue weighted by Crippen LogP contribution is -2.42. The van der Waals surface area contributed by atoms with Gasteiger partial charge in [0.25, 0.3) is 0 Å². The molecule has 1 aromatic rings. The summed E-state index contributed by atoms with van der Waals surface area (Å²) in [7, 11) is -4.02. The van der Waals surface area contributed by atoms with E-state index in [0.29, 0.717) is 5.75 Å². The highest BCUT2D eigenvalue weighted by molar-refractivity contribution is 7.98. The van der Waals surface area contributed by atoms with Crippen LogP contribution in [0.15, 0.2) is 23.1 Å². The van der Waals surface area contributed by atoms with E-state index < -0.39 is 32.0 Å². The van der Waals surface area contributed by atoms with Gasteiger partial charge in [0.15, 0.2) is 5.75 Å². The van der Waals surface area contributed by atoms with E-state index in [9.17, 15) is 28.7 Å². The molecule has 1 aromatic carbocycles. The van der Waals surface area contributed by atoms with Crippen LogP contribution in [0.25, 0.3) is 0 Å². The Hall–Kier alpha value is -1.36. The summed E-state index contributed by atoms with van der Waals surface area (Å²) in [4.78, 5) is 9.46. The summed E-state index contributed by atoms with van der Waals surface area (Å²) in [5.41, 5.74) is -1.94. The Kier molecular flexibility index (Phi) is 5.56. The maximum Gasteiger partial charge on any atom is 0.312 e. The summed E-state index contributed by atoms with van der Waals surface area (Å²) in [5.74, 6) is -0.293. The number of hydrogen-bond donors (Lipinski definition) is 3. The maximum atomic E-state index is 12.0. The van der Waals surface area contributed by atoms with Crippen molar-refractivity contribution in [1.82, 2.24) is 4.72 Å². The molecule has 0 saturated carbocycles. The predicted molar refractivity (Wildman–Crippen MR) is 79.0 cm³/mol. The Morgan fingerprint density at radius 3 is 2.62 bits per heavy atom. The normalized spacial score (nSPS) is 14.6. The molecule has 1 unspecified atom stereocenters. The number of nitro benzene ring substituents is 1. The van der Waals surface area contributed by atoms with Crippen LogP contribution in [0, 0.1) is 10.1 Å². The SMILES string of the molecule is CSCC(C)(O)CNS(=O)(=O)c1ccc(O)c([N+](=O)[O-])c1. The summed E-state index contributed by atoms with van der Waals surface area (Å²) in [6, 6.07) is 2.75. The second kappa shape index (κ2) is 6.60. The van der Waals surface area contributed by atoms with E-state index in [1.165, 1.54) is 18.7 Å². The molecule has 0 amide bonds. The zero-order valence-corrected chi connectivity index (χ0v) is 13.1. The fourth-order valence-corrected chi connectivity index (χ4v) is 3.42. The smallest absolute Gasteiger partial charge is 0.312 e. The minimum Gasteiger partial charge on any atom is -0.502 e. The highest BCUT2D eigenvalue weighted by Crippen LogP contribution is 2.28. The molecule has 21 heavy (non-hydrogen) atoms. The standard InChI is InChI=1S/C11H16N2O6S2/c1-11(15,7-20-2)6-12-21(18,19)8-3-4-10(14)9(5-8)13(16)17/h3-5,12,14-15H,6-7H2,1-2H3. The molecule has 10 heteroatoms. The molecule has 0 spiro atoms. The number of hydrogen-bond acceptors (Lipinski definition) is 7. The number of nitrogens with one attached hydrogen (secondary N) is 1. The number of nitro groups is 1. The third-order valence-electron chi connectivity index (χ3n) is 2.55. The van der Waals surface area contributed by atoms with Crippen LogP contribution < -0.4 is 4.72 Å². The molecule has 8 nitrogen and oxygen atoms in total. The van der Waals surface area contributed by atoms with Gasteiger partial charge in [0.2, 0.25) is 10.0 Å². The van der Waals surface area contributed by atoms with Gasteiger partial charge in [-0.15, -0.1) is 0 Å². The van der Waals surface area contributed by atoms with Crippen LogP contribution in [0.2, 0.25) is 0 Å². The van der Waals surface area contributed by atoms with Gasteiger partial charge in [-0.2, -0.15) is 11.8 Å². The largest absolute Gasteiger partial charge is 0.502 e. The van der Waals surface area contributed by atoms with Crippen molar-refractivity contribution < 1.29 is 23.6 Å². The predicted octanol–water partition coefficient (Wildman–Crippen LogP) is 0.693. The van der Waals surface area contributed by atoms with Crippen LogP contribution in [-0.2, 0) is 10.0 Å². The highest BCUT2D eigenvalue weighted by atomic mass is 32.2. The van der Waals surface area contributed by atoms with Gasteiger partial charge in [-0.25, -0.2) is 13.1 Å². The van der Waals surface area contributed by atoms with E-state index in [0.717, 1.165) is 18.2 Å². The van der Waals surface area contributed by atoms with Crippen molar-refractivity contribution in [2.45, 2.75) is 17.4 Å². The van der Waals surface area contributed by atoms with Gasteiger partial charge in [0.1, 0.15) is 0 Å². The minimum atomic E-state index is -4.02. The molecular weight excluding hydrogens is 320 g/mol. The lowest BCUT2D eigenvalue weighted by Gasteiger charge is -2.22. The molecule has 0 aromatic heterocycles. The van der Waals surface area contributed by atoms with E-state index in [1.54, 1.807) is 6.26 Å². The third kappa shape index (κ3) is 4.84. The van der Waals surface area contributed by atoms with E-state index in [4.69, 9.17) is 0 Å². The number of phenolic OH excluding ortho intramolecular Hbond substituents is 1. The number of nitrogens with zero attached hydrogens (tertiary/aromatic N) is 1. The maximum absolute atomic E-state index is 12.0. The molecule has 1 rings (SSSR count). The molecule has 0 bridgehead atoms. The van der Waals surface area contributed by atoms with E-state index in [1.807, 2.05) is 0 Å². The number of thioether (sulfide) groups is 1. The van der Waals surface area contributed by atoms with Crippen molar-refractivity contribution in [3.63, 3.8) is 0 Å². The van der Waals surface area contributed by atoms with Gasteiger partial charge >= 0.3 is 5.69 Å². The van der Waals surface area contributed by atoms with Crippen LogP contribution in [0.4, 0.5) is 5.69 Å². The molecule has 0 saturated heterocycles. The first-order valence-corrected chi connectivity index (χ1v) is 8.65. The van der Waals surface area contributed by atoms with Crippen LogP contribution in [-0.4, -0.2) is 47.7 Å². The summed E-state index contributed by atoms with van der Waals surface area (Å²) in [6.45, 7) is 1.25. The Morgan fingerprint density at radius 2 is 2.10 bits per heavy atom. The molecule has 0 aliphatic rings. The fraction of sp³-hybridized carbons (Fsp3) is 0.455. The Labute approximate surface area is 126 Å². The molecule has 3 N–H and O–H groups in total. The fourth-order valence-electron chi connectivity index (χ4n) is 1.51. The van der Waals surface area contributed by atoms with Crippen molar-refractivity contribution in [3.8, 4) is 5.75 Å². The second-order valence-corrected chi connectivity index (χ2v) is 7.30. The number of sulfonamides is 1. The number of benzene rings is 1. The van der Waals surface area contributed by atoms with Crippen LogP contribution in [0.1, 0.15) is 6.92 Å². The first-order chi connectivity index (χ1) is 9.59. The lowest BCUT2D eigenvalue weighted by atomic mass is 10.1. The van der Waals surface area contributed by atoms with Gasteiger partial charge in [-0.05, 0) is 25.3 Å². The van der Waals surface area contributed by atoms with Crippen molar-refractivity contribution in [2.24, 2.45) is 0 Å². The van der Waals surface area contributed by atoms with Crippen molar-refractivity contribution in [2.75, 3.05) is 18.6 Å². The minimum absolute atomic E-state index is 0.231. The summed E-state index contributed by atoms with van der Waals surface area (Å²) in [6.07, 6.45) is 1.77. The second-order valence-electron chi connectivity index (χ2n) is 4.66. The summed E-state index contributed by atoms with van der Waals surface area (Å²) in [5, 5.41) is 29.9. The van der Waals surface area contributed by atoms with Crippen LogP contribution in [0.5, 0.6) is 5.75 Å². The zero-order valence-electron chi connectivity index (χ0n) is 11.4. The van der Waals surface area contributed by atoms with E-state index in [2.05, 4.69) is 4.72 Å². The molecule has 1 atom stereocenters. The highest BCUT2D eigenvalue weighted by Gasteiger charge is 2.25. The van der Waals surface area contributed by atoms with Crippen LogP contribution in [0.3, 0.4) is 0 Å². The third-order valence-corrected chi connectivity index (χ3v) is 4.86. The average Bonchev–Trinajstić information content (AvgIpc) is 2.36. The molecule has 118 valence electrons. The van der Waals surface area contributed by atoms with Crippen molar-refractivity contribution in [1.29, 1.82) is 0 Å². The van der Waals surface area contributed by atoms with Gasteiger partial charge in [-0.1, -0.05) is 0 Å². The van der Waals surface area contributed by atoms with Gasteiger partial charge in [0.05, 0.1) is 15.4 Å². The van der Waals surface area contributed by atoms with Gasteiger partial charge in [-0.3, -0.25) is 10.1 Å². The summed E-state index contributed by atoms with van der Waals surface area (Å²) >= 11 is 1.36. The van der Waals surface area contributed by atoms with Gasteiger partial charge in [0, 0.05) is 18.4 Å². The summed E-state index contributed by atoms with van der Waals surface area (Å²) < 4.78 is 26.3. The Bertz CT molecular complexity index is 630. The average molecular weight is 336 g/mol. The van der Waals surface area contributed by atoms with Crippen molar-refractivity contribution >= 4 is 27.5 Å². The molecular formula is C11H16N2O6S2. The molecule has 0 aliphatic heterocycles. The molecule has 0 radical (unpaired) electrons. The van der Waals surface area contributed by atoms with E-state index >= 15 is 0 Å². The zero-order chi connectivity index (χ0) is 16.3. The Balaban J connectivity index is 2.99. The van der Waals surface area contributed by atoms with Crippen LogP contribution >= 0.6 is 11.8 Å². The molecule has 0 fully saturated rings. The Morgan fingerprint density at radius 1 is 1.48 bits per heavy atom. The first kappa shape index (κ1) is 17.7. The number of aliphatic hydroxyl groups is 1. The number of aromatic hydroxyl groups is 1. The van der Waals surface area contributed by atoms with E-state index in [-0.39, 0.29) is 11.4 Å². The number of rotatable bonds is 7. The quantitative estimate of drug-likeness (QED) is 0.493.